The first-order valence-electron chi connectivity index (χ1n) is 9.24. The normalized spacial score (nSPS) is 10.6. The van der Waals surface area contributed by atoms with Gasteiger partial charge in [-0.3, -0.25) is 4.79 Å². The first-order valence-corrected chi connectivity index (χ1v) is 9.24. The summed E-state index contributed by atoms with van der Waals surface area (Å²) < 4.78 is 0. The summed E-state index contributed by atoms with van der Waals surface area (Å²) in [5, 5.41) is 2.96. The number of unbranched alkanes of at least 4 members (excludes halogenated alkanes) is 3. The molecule has 0 saturated heterocycles. The summed E-state index contributed by atoms with van der Waals surface area (Å²) in [6.07, 6.45) is 5.63. The number of carbonyl (C=O) groups excluding carboxylic acids is 1. The molecule has 140 valence electrons. The Balaban J connectivity index is 1.61. The molecule has 0 radical (unpaired) electrons. The van der Waals surface area contributed by atoms with Gasteiger partial charge in [0.1, 0.15) is 5.82 Å². The number of pyridine rings is 1. The number of nitrogen functional groups attached to an aromatic ring is 1. The molecule has 0 aliphatic rings. The van der Waals surface area contributed by atoms with Gasteiger partial charge < -0.3 is 16.0 Å². The molecule has 1 amide bonds. The maximum absolute atomic E-state index is 12.0. The highest BCUT2D eigenvalue weighted by Gasteiger charge is 2.04. The van der Waals surface area contributed by atoms with Gasteiger partial charge in [-0.2, -0.15) is 0 Å². The van der Waals surface area contributed by atoms with E-state index in [1.54, 1.807) is 0 Å². The molecule has 3 N–H and O–H groups in total. The maximum atomic E-state index is 12.0. The molecule has 0 saturated carbocycles. The Hall–Kier alpha value is -2.56. The smallest absolute Gasteiger partial charge is 0.224 e. The fourth-order valence-electron chi connectivity index (χ4n) is 2.91. The molecule has 1 aromatic heterocycles. The lowest BCUT2D eigenvalue weighted by Gasteiger charge is -2.13. The number of nitrogens with two attached hydrogens (primary N) is 1. The SMILES string of the molecule is Cc1cc(N)nc(CCCCCCC(=O)Nc2ccc(N(C)C)cc2)c1. The minimum Gasteiger partial charge on any atom is -0.384 e. The standard InChI is InChI=1S/C21H30N4O/c1-16-14-18(23-20(22)15-16)8-6-4-5-7-9-21(26)24-17-10-12-19(13-11-17)25(2)3/h10-15H,4-9H2,1-3H3,(H2,22,23)(H,24,26). The predicted octanol–water partition coefficient (Wildman–Crippen LogP) is 4.17. The number of nitrogens with zero attached hydrogens (tertiary/aromatic N) is 2. The van der Waals surface area contributed by atoms with Crippen molar-refractivity contribution in [3.63, 3.8) is 0 Å². The number of carbonyl (C=O) groups is 1. The van der Waals surface area contributed by atoms with Crippen molar-refractivity contribution in [2.75, 3.05) is 30.0 Å². The van der Waals surface area contributed by atoms with Crippen LogP contribution in [0.5, 0.6) is 0 Å². The van der Waals surface area contributed by atoms with Crippen molar-refractivity contribution in [3.05, 3.63) is 47.7 Å². The van der Waals surface area contributed by atoms with Crippen molar-refractivity contribution in [3.8, 4) is 0 Å². The van der Waals surface area contributed by atoms with Gasteiger partial charge in [0.25, 0.3) is 0 Å². The van der Waals surface area contributed by atoms with Crippen LogP contribution in [0.25, 0.3) is 0 Å². The summed E-state index contributed by atoms with van der Waals surface area (Å²) in [6.45, 7) is 2.04. The molecule has 1 heterocycles. The molecule has 1 aromatic carbocycles. The van der Waals surface area contributed by atoms with E-state index in [1.165, 1.54) is 0 Å². The van der Waals surface area contributed by atoms with Gasteiger partial charge in [0, 0.05) is 37.6 Å². The van der Waals surface area contributed by atoms with E-state index in [4.69, 9.17) is 5.73 Å². The van der Waals surface area contributed by atoms with Gasteiger partial charge in [-0.25, -0.2) is 4.98 Å². The molecule has 2 aromatic rings. The van der Waals surface area contributed by atoms with Gasteiger partial charge in [0.05, 0.1) is 0 Å². The van der Waals surface area contributed by atoms with Crippen LogP contribution in [0.4, 0.5) is 17.2 Å². The van der Waals surface area contributed by atoms with Gasteiger partial charge in [0.2, 0.25) is 5.91 Å². The predicted molar refractivity (Wildman–Crippen MR) is 110 cm³/mol. The molecule has 0 aliphatic carbocycles. The van der Waals surface area contributed by atoms with Crippen molar-refractivity contribution in [2.24, 2.45) is 0 Å². The third-order valence-corrected chi connectivity index (χ3v) is 4.30. The third kappa shape index (κ3) is 6.75. The number of aromatic nitrogens is 1. The minimum absolute atomic E-state index is 0.0794. The summed E-state index contributed by atoms with van der Waals surface area (Å²) in [7, 11) is 4.00. The van der Waals surface area contributed by atoms with Crippen molar-refractivity contribution in [2.45, 2.75) is 45.4 Å². The van der Waals surface area contributed by atoms with E-state index in [-0.39, 0.29) is 5.91 Å². The average molecular weight is 354 g/mol. The van der Waals surface area contributed by atoms with Gasteiger partial charge in [-0.1, -0.05) is 12.8 Å². The Morgan fingerprint density at radius 3 is 2.42 bits per heavy atom. The monoisotopic (exact) mass is 354 g/mol. The average Bonchev–Trinajstić information content (AvgIpc) is 2.57. The number of aryl methyl sites for hydroxylation is 2. The number of hydrogen-bond acceptors (Lipinski definition) is 4. The topological polar surface area (TPSA) is 71.2 Å². The second-order valence-electron chi connectivity index (χ2n) is 6.96. The number of hydrogen-bond donors (Lipinski definition) is 2. The lowest BCUT2D eigenvalue weighted by molar-refractivity contribution is -0.116. The number of nitrogens with one attached hydrogen (secondary N) is 1. The summed E-state index contributed by atoms with van der Waals surface area (Å²) >= 11 is 0. The third-order valence-electron chi connectivity index (χ3n) is 4.30. The van der Waals surface area contributed by atoms with Crippen molar-refractivity contribution in [1.82, 2.24) is 4.98 Å². The molecule has 0 aliphatic heterocycles. The molecular weight excluding hydrogens is 324 g/mol. The first-order chi connectivity index (χ1) is 12.4. The molecule has 0 bridgehead atoms. The van der Waals surface area contributed by atoms with Gasteiger partial charge >= 0.3 is 0 Å². The Morgan fingerprint density at radius 2 is 1.77 bits per heavy atom. The fourth-order valence-corrected chi connectivity index (χ4v) is 2.91. The van der Waals surface area contributed by atoms with Crippen LogP contribution in [-0.4, -0.2) is 25.0 Å². The van der Waals surface area contributed by atoms with Gasteiger partial charge in [-0.15, -0.1) is 0 Å². The number of amides is 1. The van der Waals surface area contributed by atoms with Crippen LogP contribution in [0.15, 0.2) is 36.4 Å². The zero-order chi connectivity index (χ0) is 18.9. The number of anilines is 3. The Morgan fingerprint density at radius 1 is 1.08 bits per heavy atom. The van der Waals surface area contributed by atoms with Crippen LogP contribution in [0.3, 0.4) is 0 Å². The number of rotatable bonds is 9. The van der Waals surface area contributed by atoms with Gasteiger partial charge in [-0.05, 0) is 68.1 Å². The highest BCUT2D eigenvalue weighted by atomic mass is 16.1. The second kappa shape index (κ2) is 9.80. The summed E-state index contributed by atoms with van der Waals surface area (Å²) in [5.41, 5.74) is 9.95. The first kappa shape index (κ1) is 19.8. The quantitative estimate of drug-likeness (QED) is 0.663. The Bertz CT molecular complexity index is 690. The van der Waals surface area contributed by atoms with Crippen LogP contribution in [-0.2, 0) is 11.2 Å². The van der Waals surface area contributed by atoms with Crippen LogP contribution < -0.4 is 16.0 Å². The second-order valence-corrected chi connectivity index (χ2v) is 6.96. The molecule has 0 spiro atoms. The number of benzene rings is 1. The largest absolute Gasteiger partial charge is 0.384 e. The minimum atomic E-state index is 0.0794. The summed E-state index contributed by atoms with van der Waals surface area (Å²) in [5.74, 6) is 0.672. The van der Waals surface area contributed by atoms with Crippen molar-refractivity contribution in [1.29, 1.82) is 0 Å². The molecular formula is C21H30N4O. The van der Waals surface area contributed by atoms with E-state index < -0.39 is 0 Å². The molecule has 0 atom stereocenters. The molecule has 5 heteroatoms. The highest BCUT2D eigenvalue weighted by Crippen LogP contribution is 2.16. The van der Waals surface area contributed by atoms with Crippen molar-refractivity contribution < 1.29 is 4.79 Å². The molecule has 0 fully saturated rings. The van der Waals surface area contributed by atoms with E-state index in [0.29, 0.717) is 12.2 Å². The summed E-state index contributed by atoms with van der Waals surface area (Å²) in [4.78, 5) is 18.4. The van der Waals surface area contributed by atoms with E-state index in [2.05, 4.69) is 16.4 Å². The Labute approximate surface area is 156 Å². The summed E-state index contributed by atoms with van der Waals surface area (Å²) in [6, 6.07) is 11.9. The molecule has 5 nitrogen and oxygen atoms in total. The Kier molecular flexibility index (Phi) is 7.45. The van der Waals surface area contributed by atoms with Crippen LogP contribution >= 0.6 is 0 Å². The van der Waals surface area contributed by atoms with Crippen LogP contribution in [0.2, 0.25) is 0 Å². The lowest BCUT2D eigenvalue weighted by Crippen LogP contribution is -2.12. The van der Waals surface area contributed by atoms with Crippen LogP contribution in [0.1, 0.15) is 43.4 Å². The fraction of sp³-hybridized carbons (Fsp3) is 0.429. The molecule has 26 heavy (non-hydrogen) atoms. The molecule has 2 rings (SSSR count). The maximum Gasteiger partial charge on any atom is 0.224 e. The van der Waals surface area contributed by atoms with E-state index in [9.17, 15) is 4.79 Å². The van der Waals surface area contributed by atoms with E-state index in [0.717, 1.165) is 54.7 Å². The van der Waals surface area contributed by atoms with Crippen LogP contribution in [0, 0.1) is 6.92 Å². The lowest BCUT2D eigenvalue weighted by atomic mass is 10.1. The van der Waals surface area contributed by atoms with E-state index in [1.807, 2.05) is 56.3 Å². The molecule has 0 unspecified atom stereocenters. The van der Waals surface area contributed by atoms with Gasteiger partial charge in [0.15, 0.2) is 0 Å². The highest BCUT2D eigenvalue weighted by molar-refractivity contribution is 5.90. The zero-order valence-electron chi connectivity index (χ0n) is 16.1. The van der Waals surface area contributed by atoms with E-state index >= 15 is 0 Å². The zero-order valence-corrected chi connectivity index (χ0v) is 16.1. The van der Waals surface area contributed by atoms with Crippen molar-refractivity contribution >= 4 is 23.1 Å².